The number of morpholine rings is 1. The summed E-state index contributed by atoms with van der Waals surface area (Å²) in [6.45, 7) is 5.42. The Morgan fingerprint density at radius 1 is 1.42 bits per heavy atom. The lowest BCUT2D eigenvalue weighted by Crippen LogP contribution is -2.38. The molecule has 0 saturated carbocycles. The predicted molar refractivity (Wildman–Crippen MR) is 72.8 cm³/mol. The molecular weight excluding hydrogens is 242 g/mol. The van der Waals surface area contributed by atoms with Crippen LogP contribution in [0.25, 0.3) is 0 Å². The first-order valence-electron chi connectivity index (χ1n) is 6.80. The van der Waals surface area contributed by atoms with E-state index in [1.165, 1.54) is 0 Å². The number of amides is 1. The van der Waals surface area contributed by atoms with E-state index in [-0.39, 0.29) is 5.91 Å². The Labute approximate surface area is 114 Å². The van der Waals surface area contributed by atoms with Gasteiger partial charge >= 0.3 is 0 Å². The van der Waals surface area contributed by atoms with Gasteiger partial charge in [-0.05, 0) is 24.6 Å². The minimum absolute atomic E-state index is 0.0648. The summed E-state index contributed by atoms with van der Waals surface area (Å²) in [6.07, 6.45) is 4.83. The van der Waals surface area contributed by atoms with Gasteiger partial charge in [0.2, 0.25) is 5.91 Å². The first kappa shape index (κ1) is 14.0. The number of hydrogen-bond donors (Lipinski definition) is 1. The van der Waals surface area contributed by atoms with Crippen molar-refractivity contribution in [2.75, 3.05) is 39.4 Å². The van der Waals surface area contributed by atoms with Crippen LogP contribution in [0.4, 0.5) is 0 Å². The molecule has 0 aromatic carbocycles. The zero-order valence-electron chi connectivity index (χ0n) is 11.2. The molecular formula is C14H21N3O2. The number of nitrogens with one attached hydrogen (secondary N) is 1. The Balaban J connectivity index is 1.56. The average Bonchev–Trinajstić information content (AvgIpc) is 2.46. The Hall–Kier alpha value is -1.46. The van der Waals surface area contributed by atoms with Crippen LogP contribution in [0.3, 0.4) is 0 Å². The smallest absolute Gasteiger partial charge is 0.224 e. The van der Waals surface area contributed by atoms with Crippen LogP contribution in [0.1, 0.15) is 12.0 Å². The van der Waals surface area contributed by atoms with Crippen LogP contribution in [0, 0.1) is 0 Å². The average molecular weight is 263 g/mol. The molecule has 1 amide bonds. The highest BCUT2D eigenvalue weighted by Gasteiger charge is 2.09. The van der Waals surface area contributed by atoms with Crippen LogP contribution in [0.5, 0.6) is 0 Å². The van der Waals surface area contributed by atoms with E-state index in [9.17, 15) is 4.79 Å². The van der Waals surface area contributed by atoms with Gasteiger partial charge in [0.1, 0.15) is 0 Å². The van der Waals surface area contributed by atoms with Gasteiger partial charge in [0.15, 0.2) is 0 Å². The molecule has 0 unspecified atom stereocenters. The molecule has 1 aliphatic heterocycles. The second-order valence-electron chi connectivity index (χ2n) is 4.70. The molecule has 1 aromatic heterocycles. The van der Waals surface area contributed by atoms with E-state index >= 15 is 0 Å². The van der Waals surface area contributed by atoms with Gasteiger partial charge in [-0.15, -0.1) is 0 Å². The molecule has 0 radical (unpaired) electrons. The molecule has 0 spiro atoms. The van der Waals surface area contributed by atoms with Crippen molar-refractivity contribution in [1.82, 2.24) is 15.2 Å². The van der Waals surface area contributed by atoms with Gasteiger partial charge in [0.25, 0.3) is 0 Å². The van der Waals surface area contributed by atoms with Crippen LogP contribution in [0.2, 0.25) is 0 Å². The van der Waals surface area contributed by atoms with Gasteiger partial charge in [-0.1, -0.05) is 6.07 Å². The normalized spacial score (nSPS) is 16.2. The third-order valence-corrected chi connectivity index (χ3v) is 3.16. The fourth-order valence-corrected chi connectivity index (χ4v) is 2.11. The maximum absolute atomic E-state index is 11.7. The van der Waals surface area contributed by atoms with Gasteiger partial charge in [-0.25, -0.2) is 0 Å². The van der Waals surface area contributed by atoms with Crippen molar-refractivity contribution >= 4 is 5.91 Å². The highest BCUT2D eigenvalue weighted by Crippen LogP contribution is 1.98. The summed E-state index contributed by atoms with van der Waals surface area (Å²) in [7, 11) is 0. The summed E-state index contributed by atoms with van der Waals surface area (Å²) >= 11 is 0. The summed E-state index contributed by atoms with van der Waals surface area (Å²) < 4.78 is 5.29. The Morgan fingerprint density at radius 2 is 2.26 bits per heavy atom. The lowest BCUT2D eigenvalue weighted by atomic mass is 10.2. The summed E-state index contributed by atoms with van der Waals surface area (Å²) in [5.74, 6) is 0.0648. The summed E-state index contributed by atoms with van der Waals surface area (Å²) in [4.78, 5) is 18.1. The number of ether oxygens (including phenoxy) is 1. The molecule has 1 aliphatic rings. The number of pyridine rings is 1. The second kappa shape index (κ2) is 7.86. The highest BCUT2D eigenvalue weighted by molar-refractivity contribution is 5.78. The molecule has 5 nitrogen and oxygen atoms in total. The predicted octanol–water partition coefficient (Wildman–Crippen LogP) is 0.463. The largest absolute Gasteiger partial charge is 0.379 e. The van der Waals surface area contributed by atoms with Gasteiger partial charge in [0, 0.05) is 32.0 Å². The third kappa shape index (κ3) is 5.36. The second-order valence-corrected chi connectivity index (χ2v) is 4.70. The fourth-order valence-electron chi connectivity index (χ4n) is 2.11. The van der Waals surface area contributed by atoms with Gasteiger partial charge in [0.05, 0.1) is 19.6 Å². The molecule has 1 saturated heterocycles. The lowest BCUT2D eigenvalue weighted by Gasteiger charge is -2.26. The molecule has 0 bridgehead atoms. The molecule has 19 heavy (non-hydrogen) atoms. The fraction of sp³-hybridized carbons (Fsp3) is 0.571. The molecule has 5 heteroatoms. The van der Waals surface area contributed by atoms with Crippen molar-refractivity contribution in [3.05, 3.63) is 30.1 Å². The Kier molecular flexibility index (Phi) is 5.78. The van der Waals surface area contributed by atoms with Crippen molar-refractivity contribution < 1.29 is 9.53 Å². The number of aromatic nitrogens is 1. The summed E-state index contributed by atoms with van der Waals surface area (Å²) in [5, 5.41) is 2.95. The van der Waals surface area contributed by atoms with Crippen molar-refractivity contribution in [1.29, 1.82) is 0 Å². The third-order valence-electron chi connectivity index (χ3n) is 3.16. The van der Waals surface area contributed by atoms with E-state index in [1.54, 1.807) is 12.4 Å². The Bertz CT molecular complexity index is 378. The SMILES string of the molecule is O=C(Cc1cccnc1)NCCCN1CCOCC1. The van der Waals surface area contributed by atoms with Crippen LogP contribution < -0.4 is 5.32 Å². The van der Waals surface area contributed by atoms with Crippen molar-refractivity contribution in [3.8, 4) is 0 Å². The van der Waals surface area contributed by atoms with Crippen LogP contribution in [-0.2, 0) is 16.0 Å². The van der Waals surface area contributed by atoms with E-state index in [4.69, 9.17) is 4.74 Å². The van der Waals surface area contributed by atoms with E-state index in [2.05, 4.69) is 15.2 Å². The van der Waals surface area contributed by atoms with Gasteiger partial charge < -0.3 is 10.1 Å². The first-order valence-corrected chi connectivity index (χ1v) is 6.80. The van der Waals surface area contributed by atoms with Crippen molar-refractivity contribution in [2.45, 2.75) is 12.8 Å². The van der Waals surface area contributed by atoms with Crippen molar-refractivity contribution in [3.63, 3.8) is 0 Å². The standard InChI is InChI=1S/C14H21N3O2/c18-14(11-13-3-1-4-15-12-13)16-5-2-6-17-7-9-19-10-8-17/h1,3-4,12H,2,5-11H2,(H,16,18). The topological polar surface area (TPSA) is 54.5 Å². The maximum atomic E-state index is 11.7. The molecule has 104 valence electrons. The number of carbonyl (C=O) groups excluding carboxylic acids is 1. The van der Waals surface area contributed by atoms with Crippen LogP contribution in [-0.4, -0.2) is 55.2 Å². The monoisotopic (exact) mass is 263 g/mol. The summed E-state index contributed by atoms with van der Waals surface area (Å²) in [5.41, 5.74) is 0.952. The quantitative estimate of drug-likeness (QED) is 0.758. The number of hydrogen-bond acceptors (Lipinski definition) is 4. The number of carbonyl (C=O) groups is 1. The zero-order chi connectivity index (χ0) is 13.3. The number of rotatable bonds is 6. The molecule has 1 fully saturated rings. The van der Waals surface area contributed by atoms with E-state index in [0.29, 0.717) is 6.42 Å². The molecule has 0 atom stereocenters. The summed E-state index contributed by atoms with van der Waals surface area (Å²) in [6, 6.07) is 3.77. The molecule has 1 aromatic rings. The zero-order valence-corrected chi connectivity index (χ0v) is 11.2. The first-order chi connectivity index (χ1) is 9.34. The van der Waals surface area contributed by atoms with Crippen LogP contribution in [0.15, 0.2) is 24.5 Å². The van der Waals surface area contributed by atoms with Gasteiger partial charge in [-0.3, -0.25) is 14.7 Å². The van der Waals surface area contributed by atoms with Crippen LogP contribution >= 0.6 is 0 Å². The molecule has 2 rings (SSSR count). The Morgan fingerprint density at radius 3 is 3.00 bits per heavy atom. The maximum Gasteiger partial charge on any atom is 0.224 e. The molecule has 1 N–H and O–H groups in total. The number of nitrogens with zero attached hydrogens (tertiary/aromatic N) is 2. The minimum Gasteiger partial charge on any atom is -0.379 e. The lowest BCUT2D eigenvalue weighted by molar-refractivity contribution is -0.120. The van der Waals surface area contributed by atoms with Crippen molar-refractivity contribution in [2.24, 2.45) is 0 Å². The molecule has 0 aliphatic carbocycles. The van der Waals surface area contributed by atoms with E-state index < -0.39 is 0 Å². The van der Waals surface area contributed by atoms with E-state index in [1.807, 2.05) is 12.1 Å². The van der Waals surface area contributed by atoms with E-state index in [0.717, 1.165) is 51.4 Å². The minimum atomic E-state index is 0.0648. The van der Waals surface area contributed by atoms with Gasteiger partial charge in [-0.2, -0.15) is 0 Å². The highest BCUT2D eigenvalue weighted by atomic mass is 16.5. The molecule has 2 heterocycles.